The number of hydrogen-bond acceptors (Lipinski definition) is 6. The summed E-state index contributed by atoms with van der Waals surface area (Å²) in [6, 6.07) is 11.0. The summed E-state index contributed by atoms with van der Waals surface area (Å²) >= 11 is 0. The zero-order chi connectivity index (χ0) is 17.9. The van der Waals surface area contributed by atoms with Crippen LogP contribution in [0.1, 0.15) is 12.0 Å². The molecule has 1 atom stereocenters. The molecule has 2 aromatic heterocycles. The van der Waals surface area contributed by atoms with Crippen molar-refractivity contribution < 1.29 is 18.4 Å². The number of hydrogen-bond donors (Lipinski definition) is 1. The first-order valence-electron chi connectivity index (χ1n) is 7.85. The van der Waals surface area contributed by atoms with Gasteiger partial charge < -0.3 is 9.25 Å². The third-order valence-electron chi connectivity index (χ3n) is 3.80. The van der Waals surface area contributed by atoms with Crippen LogP contribution in [0.3, 0.4) is 0 Å². The van der Waals surface area contributed by atoms with E-state index in [1.165, 1.54) is 24.6 Å². The van der Waals surface area contributed by atoms with Crippen LogP contribution in [0.15, 0.2) is 64.5 Å². The maximum absolute atomic E-state index is 13.0. The van der Waals surface area contributed by atoms with Gasteiger partial charge in [-0.1, -0.05) is 17.3 Å². The Morgan fingerprint density at radius 3 is 2.81 bits per heavy atom. The van der Waals surface area contributed by atoms with Crippen molar-refractivity contribution in [2.45, 2.75) is 12.5 Å². The fourth-order valence-corrected chi connectivity index (χ4v) is 2.50. The van der Waals surface area contributed by atoms with E-state index in [-0.39, 0.29) is 18.2 Å². The molecule has 0 radical (unpaired) electrons. The molecule has 0 saturated heterocycles. The predicted molar refractivity (Wildman–Crippen MR) is 90.8 cm³/mol. The largest absolute Gasteiger partial charge is 0.463 e. The molecular formula is C18H13FN4O3. The van der Waals surface area contributed by atoms with Crippen LogP contribution in [0.5, 0.6) is 0 Å². The van der Waals surface area contributed by atoms with Gasteiger partial charge in [0.1, 0.15) is 11.5 Å². The van der Waals surface area contributed by atoms with E-state index in [0.717, 1.165) is 0 Å². The van der Waals surface area contributed by atoms with Crippen molar-refractivity contribution in [2.75, 3.05) is 5.32 Å². The highest BCUT2D eigenvalue weighted by molar-refractivity contribution is 6.05. The van der Waals surface area contributed by atoms with E-state index in [2.05, 4.69) is 20.4 Å². The minimum absolute atomic E-state index is 0.141. The van der Waals surface area contributed by atoms with Gasteiger partial charge in [-0.2, -0.15) is 0 Å². The van der Waals surface area contributed by atoms with Crippen molar-refractivity contribution in [3.05, 3.63) is 66.3 Å². The number of nitrogens with one attached hydrogen (secondary N) is 1. The molecule has 130 valence electrons. The van der Waals surface area contributed by atoms with E-state index < -0.39 is 12.0 Å². The molecule has 3 heterocycles. The second-order valence-corrected chi connectivity index (χ2v) is 5.58. The summed E-state index contributed by atoms with van der Waals surface area (Å²) in [5, 5.41) is 6.52. The molecule has 1 aliphatic heterocycles. The molecule has 8 heteroatoms. The second kappa shape index (κ2) is 6.75. The number of carbonyl (C=O) groups excluding carboxylic acids is 1. The van der Waals surface area contributed by atoms with Gasteiger partial charge in [-0.3, -0.25) is 10.1 Å². The fourth-order valence-electron chi connectivity index (χ4n) is 2.50. The summed E-state index contributed by atoms with van der Waals surface area (Å²) in [7, 11) is 0. The minimum atomic E-state index is -0.800. The van der Waals surface area contributed by atoms with Crippen molar-refractivity contribution in [1.82, 2.24) is 9.97 Å². The maximum Gasteiger partial charge on any atom is 0.271 e. The van der Waals surface area contributed by atoms with E-state index in [1.807, 2.05) is 0 Å². The number of oxime groups is 1. The zero-order valence-corrected chi connectivity index (χ0v) is 13.4. The van der Waals surface area contributed by atoms with Gasteiger partial charge in [-0.05, 0) is 35.9 Å². The third-order valence-corrected chi connectivity index (χ3v) is 3.80. The zero-order valence-electron chi connectivity index (χ0n) is 13.4. The highest BCUT2D eigenvalue weighted by atomic mass is 19.1. The molecule has 0 aliphatic carbocycles. The number of benzene rings is 1. The molecule has 1 aromatic carbocycles. The Hall–Kier alpha value is -3.55. The van der Waals surface area contributed by atoms with Gasteiger partial charge in [0, 0.05) is 12.6 Å². The highest BCUT2D eigenvalue weighted by Gasteiger charge is 2.29. The molecule has 7 nitrogen and oxygen atoms in total. The molecule has 1 unspecified atom stereocenters. The summed E-state index contributed by atoms with van der Waals surface area (Å²) in [6.45, 7) is 0. The lowest BCUT2D eigenvalue weighted by Gasteiger charge is -2.08. The number of nitrogens with zero attached hydrogens (tertiary/aromatic N) is 3. The van der Waals surface area contributed by atoms with Crippen molar-refractivity contribution in [3.8, 4) is 11.5 Å². The van der Waals surface area contributed by atoms with E-state index in [4.69, 9.17) is 9.25 Å². The number of halogens is 1. The van der Waals surface area contributed by atoms with Crippen LogP contribution in [-0.4, -0.2) is 27.7 Å². The molecule has 26 heavy (non-hydrogen) atoms. The van der Waals surface area contributed by atoms with Crippen LogP contribution in [0.4, 0.5) is 10.3 Å². The van der Waals surface area contributed by atoms with Gasteiger partial charge >= 0.3 is 0 Å². The molecule has 4 rings (SSSR count). The number of carbonyl (C=O) groups is 1. The molecule has 3 aromatic rings. The Labute approximate surface area is 147 Å². The summed E-state index contributed by atoms with van der Waals surface area (Å²) in [5.41, 5.74) is 1.84. The van der Waals surface area contributed by atoms with Crippen LogP contribution in [-0.2, 0) is 9.63 Å². The maximum atomic E-state index is 13.0. The summed E-state index contributed by atoms with van der Waals surface area (Å²) in [5.74, 6) is -0.0386. The molecule has 1 N–H and O–H groups in total. The van der Waals surface area contributed by atoms with Crippen LogP contribution < -0.4 is 5.32 Å². The molecule has 0 bridgehead atoms. The highest BCUT2D eigenvalue weighted by Crippen LogP contribution is 2.20. The average Bonchev–Trinajstić information content (AvgIpc) is 3.35. The summed E-state index contributed by atoms with van der Waals surface area (Å²) in [6.07, 6.45) is 2.54. The molecule has 1 aliphatic rings. The number of amides is 1. The Morgan fingerprint density at radius 2 is 2.04 bits per heavy atom. The van der Waals surface area contributed by atoms with Gasteiger partial charge in [-0.25, -0.2) is 14.4 Å². The van der Waals surface area contributed by atoms with Gasteiger partial charge in [0.25, 0.3) is 5.91 Å². The van der Waals surface area contributed by atoms with Gasteiger partial charge in [0.15, 0.2) is 5.76 Å². The van der Waals surface area contributed by atoms with Crippen LogP contribution >= 0.6 is 0 Å². The normalized spacial score (nSPS) is 16.0. The Kier molecular flexibility index (Phi) is 4.14. The third kappa shape index (κ3) is 3.30. The van der Waals surface area contributed by atoms with Crippen LogP contribution in [0, 0.1) is 5.82 Å². The first-order chi connectivity index (χ1) is 12.7. The number of furan rings is 1. The molecular weight excluding hydrogens is 339 g/mol. The van der Waals surface area contributed by atoms with E-state index in [9.17, 15) is 9.18 Å². The van der Waals surface area contributed by atoms with Crippen molar-refractivity contribution >= 4 is 17.6 Å². The quantitative estimate of drug-likeness (QED) is 0.780. The Morgan fingerprint density at radius 1 is 1.19 bits per heavy atom. The topological polar surface area (TPSA) is 89.6 Å². The summed E-state index contributed by atoms with van der Waals surface area (Å²) < 4.78 is 18.3. The minimum Gasteiger partial charge on any atom is -0.463 e. The number of aromatic nitrogens is 2. The van der Waals surface area contributed by atoms with Crippen molar-refractivity contribution in [3.63, 3.8) is 0 Å². The predicted octanol–water partition coefficient (Wildman–Crippen LogP) is 3.01. The van der Waals surface area contributed by atoms with E-state index in [1.54, 1.807) is 30.3 Å². The van der Waals surface area contributed by atoms with E-state index in [0.29, 0.717) is 22.7 Å². The number of anilines is 1. The van der Waals surface area contributed by atoms with Crippen LogP contribution in [0.2, 0.25) is 0 Å². The molecule has 0 fully saturated rings. The molecule has 1 amide bonds. The van der Waals surface area contributed by atoms with Crippen molar-refractivity contribution in [1.29, 1.82) is 0 Å². The van der Waals surface area contributed by atoms with Crippen molar-refractivity contribution in [2.24, 2.45) is 5.16 Å². The monoisotopic (exact) mass is 352 g/mol. The second-order valence-electron chi connectivity index (χ2n) is 5.58. The van der Waals surface area contributed by atoms with Gasteiger partial charge in [-0.15, -0.1) is 0 Å². The standard InChI is InChI=1S/C18H13FN4O3/c19-12-5-3-11(4-6-12)14-10-16(26-23-14)17(24)22-18-20-8-7-13(21-18)15-2-1-9-25-15/h1-9,16H,10H2,(H,20,21,22,24). The SMILES string of the molecule is O=C(Nc1nccc(-c2ccco2)n1)C1CC(c2ccc(F)cc2)=NO1. The number of rotatable bonds is 4. The first-order valence-corrected chi connectivity index (χ1v) is 7.85. The fraction of sp³-hybridized carbons (Fsp3) is 0.111. The average molecular weight is 352 g/mol. The lowest BCUT2D eigenvalue weighted by molar-refractivity contribution is -0.125. The first kappa shape index (κ1) is 15.9. The Bertz CT molecular complexity index is 955. The smallest absolute Gasteiger partial charge is 0.271 e. The lowest BCUT2D eigenvalue weighted by Crippen LogP contribution is -2.28. The Balaban J connectivity index is 1.42. The molecule has 0 saturated carbocycles. The van der Waals surface area contributed by atoms with E-state index >= 15 is 0 Å². The summed E-state index contributed by atoms with van der Waals surface area (Å²) in [4.78, 5) is 25.8. The van der Waals surface area contributed by atoms with Crippen LogP contribution in [0.25, 0.3) is 11.5 Å². The molecule has 0 spiro atoms. The van der Waals surface area contributed by atoms with Gasteiger partial charge in [0.05, 0.1) is 12.0 Å². The lowest BCUT2D eigenvalue weighted by atomic mass is 10.0. The van der Waals surface area contributed by atoms with Gasteiger partial charge in [0.2, 0.25) is 12.1 Å².